The fourth-order valence-corrected chi connectivity index (χ4v) is 6.85. The molecule has 66 heavy (non-hydrogen) atoms. The van der Waals surface area contributed by atoms with Gasteiger partial charge in [-0.1, -0.05) is 50.2 Å². The summed E-state index contributed by atoms with van der Waals surface area (Å²) in [6.45, 7) is 3.38. The van der Waals surface area contributed by atoms with Crippen LogP contribution in [0.3, 0.4) is 0 Å². The molecule has 1 atom stereocenters. The maximum Gasteiger partial charge on any atom is 0.471 e. The number of fused-ring (bicyclic) bond motifs is 1. The number of carbonyl (C=O) groups excluding carboxylic acids is 6. The number of nitrogens with one attached hydrogen (secondary N) is 5. The molecule has 18 nitrogen and oxygen atoms in total. The second-order valence-corrected chi connectivity index (χ2v) is 15.6. The Morgan fingerprint density at radius 1 is 0.879 bits per heavy atom. The van der Waals surface area contributed by atoms with Crippen LogP contribution in [0.25, 0.3) is 10.9 Å². The van der Waals surface area contributed by atoms with Gasteiger partial charge in [0.2, 0.25) is 17.8 Å². The molecule has 1 heterocycles. The molecule has 0 unspecified atom stereocenters. The van der Waals surface area contributed by atoms with Crippen molar-refractivity contribution in [3.05, 3.63) is 99.8 Å². The van der Waals surface area contributed by atoms with Gasteiger partial charge in [0.05, 0.1) is 37.8 Å². The van der Waals surface area contributed by atoms with Gasteiger partial charge >= 0.3 is 24.1 Å². The molecule has 1 aliphatic rings. The molecule has 5 amide bonds. The van der Waals surface area contributed by atoms with Crippen LogP contribution in [0.1, 0.15) is 73.9 Å². The number of rotatable bonds is 21. The number of benzene rings is 3. The molecule has 1 aromatic heterocycles. The lowest BCUT2D eigenvalue weighted by atomic mass is 10.1. The Balaban J connectivity index is 1.11. The minimum Gasteiger partial charge on any atom is -0.467 e. The Hall–Kier alpha value is -6.87. The maximum atomic E-state index is 13.8. The Labute approximate surface area is 377 Å². The zero-order valence-corrected chi connectivity index (χ0v) is 36.6. The number of ether oxygens (including phenoxy) is 4. The van der Waals surface area contributed by atoms with Gasteiger partial charge in [0.25, 0.3) is 11.5 Å². The topological polar surface area (TPSA) is 236 Å². The number of H-pyrrole nitrogens is 1. The van der Waals surface area contributed by atoms with Crippen molar-refractivity contribution < 1.29 is 60.9 Å². The molecule has 4 aromatic rings. The van der Waals surface area contributed by atoms with Crippen molar-refractivity contribution in [1.29, 1.82) is 0 Å². The summed E-state index contributed by atoms with van der Waals surface area (Å²) >= 11 is 0. The maximum absolute atomic E-state index is 13.8. The number of amides is 5. The first kappa shape index (κ1) is 50.1. The van der Waals surface area contributed by atoms with E-state index >= 15 is 0 Å². The largest absolute Gasteiger partial charge is 0.471 e. The highest BCUT2D eigenvalue weighted by Gasteiger charge is 2.43. The van der Waals surface area contributed by atoms with Crippen molar-refractivity contribution in [3.63, 3.8) is 0 Å². The quantitative estimate of drug-likeness (QED) is 0.0422. The molecule has 5 rings (SSSR count). The van der Waals surface area contributed by atoms with Crippen molar-refractivity contribution >= 4 is 58.2 Å². The summed E-state index contributed by atoms with van der Waals surface area (Å²) < 4.78 is 63.6. The molecule has 0 aliphatic heterocycles. The van der Waals surface area contributed by atoms with Crippen molar-refractivity contribution in [2.24, 2.45) is 5.92 Å². The van der Waals surface area contributed by atoms with E-state index in [4.69, 9.17) is 18.9 Å². The third-order valence-corrected chi connectivity index (χ3v) is 10.4. The monoisotopic (exact) mass is 923 g/mol. The number of aromatic nitrogens is 2. The number of carbonyl (C=O) groups is 6. The number of alkyl halides is 3. The summed E-state index contributed by atoms with van der Waals surface area (Å²) in [5.41, 5.74) is 0.135. The number of alkyl carbamates (subject to hydrolysis) is 1. The van der Waals surface area contributed by atoms with Crippen molar-refractivity contribution in [2.75, 3.05) is 43.6 Å². The van der Waals surface area contributed by atoms with Crippen LogP contribution in [0, 0.1) is 5.92 Å². The highest BCUT2D eigenvalue weighted by Crippen LogP contribution is 2.34. The average Bonchev–Trinajstić information content (AvgIpc) is 3.77. The molecule has 354 valence electrons. The van der Waals surface area contributed by atoms with E-state index in [-0.39, 0.29) is 79.4 Å². The SMILES string of the molecule is COC(=O)[C@H](CCC(=O)NCCOC1(OCCNC(=O)OCc2ccccc2)CCCC1)NC(=O)c1ccc(N(Cc2ccc3nc(NC(=O)C(C)C)[nH]c(=O)c3c2)C(=O)C(F)(F)F)cc1. The number of aromatic amines is 1. The van der Waals surface area contributed by atoms with Crippen LogP contribution in [0.5, 0.6) is 0 Å². The number of halogens is 3. The Morgan fingerprint density at radius 3 is 2.18 bits per heavy atom. The molecule has 0 spiro atoms. The second-order valence-electron chi connectivity index (χ2n) is 15.6. The van der Waals surface area contributed by atoms with Crippen LogP contribution < -0.4 is 31.7 Å². The predicted molar refractivity (Wildman–Crippen MR) is 233 cm³/mol. The Morgan fingerprint density at radius 2 is 1.55 bits per heavy atom. The first-order valence-corrected chi connectivity index (χ1v) is 21.2. The average molecular weight is 924 g/mol. The minimum atomic E-state index is -5.30. The van der Waals surface area contributed by atoms with Gasteiger partial charge in [-0.2, -0.15) is 13.2 Å². The van der Waals surface area contributed by atoms with Crippen LogP contribution in [0.2, 0.25) is 0 Å². The third kappa shape index (κ3) is 14.6. The lowest BCUT2D eigenvalue weighted by Gasteiger charge is -2.29. The molecule has 0 radical (unpaired) electrons. The van der Waals surface area contributed by atoms with Crippen molar-refractivity contribution in [1.82, 2.24) is 25.9 Å². The standard InChI is InChI=1S/C45H52F3N7O11/c1-28(2)37(57)53-42-52-34-16-11-30(25-33(34)39(59)54-42)26-55(41(61)45(46,47)48)32-14-12-31(13-15-32)38(58)51-35(40(60)63-3)17-18-36(56)49-21-23-65-44(19-7-8-20-44)66-24-22-50-43(62)64-27-29-9-5-4-6-10-29/h4-6,9-16,25,28,35H,7-8,17-24,26-27H2,1-3H3,(H,49,56)(H,50,62)(H,51,58)(H2,52,53,54,57,59)/t35-/m0/s1. The summed E-state index contributed by atoms with van der Waals surface area (Å²) in [4.78, 5) is 95.3. The van der Waals surface area contributed by atoms with E-state index < -0.39 is 71.7 Å². The van der Waals surface area contributed by atoms with Crippen LogP contribution >= 0.6 is 0 Å². The first-order chi connectivity index (χ1) is 31.5. The van der Waals surface area contributed by atoms with Crippen molar-refractivity contribution in [2.45, 2.75) is 83.5 Å². The zero-order valence-electron chi connectivity index (χ0n) is 36.6. The molecular formula is C45H52F3N7O11. The minimum absolute atomic E-state index is 0.00546. The molecule has 0 bridgehead atoms. The highest BCUT2D eigenvalue weighted by atomic mass is 19.4. The van der Waals surface area contributed by atoms with Crippen molar-refractivity contribution in [3.8, 4) is 0 Å². The fraction of sp³-hybridized carbons (Fsp3) is 0.422. The molecule has 21 heteroatoms. The molecule has 1 fully saturated rings. The van der Waals surface area contributed by atoms with Gasteiger partial charge in [-0.3, -0.25) is 34.3 Å². The number of methoxy groups -OCH3 is 1. The number of hydrogen-bond donors (Lipinski definition) is 5. The molecule has 0 saturated heterocycles. The van der Waals surface area contributed by atoms with E-state index in [1.54, 1.807) is 13.8 Å². The smallest absolute Gasteiger partial charge is 0.467 e. The number of esters is 1. The summed E-state index contributed by atoms with van der Waals surface area (Å²) in [6, 6.07) is 16.5. The van der Waals surface area contributed by atoms with E-state index in [0.29, 0.717) is 17.7 Å². The number of nitrogens with zero attached hydrogens (tertiary/aromatic N) is 2. The lowest BCUT2D eigenvalue weighted by Crippen LogP contribution is -2.43. The molecular weight excluding hydrogens is 872 g/mol. The van der Waals surface area contributed by atoms with E-state index in [0.717, 1.165) is 49.8 Å². The van der Waals surface area contributed by atoms with Crippen LogP contribution in [-0.2, 0) is 51.3 Å². The summed E-state index contributed by atoms with van der Waals surface area (Å²) in [5, 5.41) is 10.3. The van der Waals surface area contributed by atoms with E-state index in [1.165, 1.54) is 18.2 Å². The molecule has 3 aromatic carbocycles. The van der Waals surface area contributed by atoms with Gasteiger partial charge in [-0.15, -0.1) is 0 Å². The van der Waals surface area contributed by atoms with E-state index in [1.807, 2.05) is 30.3 Å². The van der Waals surface area contributed by atoms with Crippen LogP contribution in [0.15, 0.2) is 77.6 Å². The van der Waals surface area contributed by atoms with E-state index in [9.17, 15) is 46.7 Å². The molecule has 1 saturated carbocycles. The Bertz CT molecular complexity index is 2390. The van der Waals surface area contributed by atoms with Gasteiger partial charge < -0.3 is 39.8 Å². The van der Waals surface area contributed by atoms with Gasteiger partial charge in [0.15, 0.2) is 5.79 Å². The van der Waals surface area contributed by atoms with Crippen LogP contribution in [0.4, 0.5) is 29.6 Å². The number of hydrogen-bond acceptors (Lipinski definition) is 12. The summed E-state index contributed by atoms with van der Waals surface area (Å²) in [7, 11) is 1.10. The van der Waals surface area contributed by atoms with Gasteiger partial charge in [0.1, 0.15) is 12.6 Å². The molecule has 1 aliphatic carbocycles. The molecule has 5 N–H and O–H groups in total. The number of anilines is 2. The zero-order chi connectivity index (χ0) is 47.9. The first-order valence-electron chi connectivity index (χ1n) is 21.2. The van der Waals surface area contributed by atoms with Gasteiger partial charge in [-0.05, 0) is 66.8 Å². The second kappa shape index (κ2) is 23.4. The summed E-state index contributed by atoms with van der Waals surface area (Å²) in [6.07, 6.45) is -3.23. The van der Waals surface area contributed by atoms with Gasteiger partial charge in [-0.25, -0.2) is 14.6 Å². The lowest BCUT2D eigenvalue weighted by molar-refractivity contribution is -0.230. The fourth-order valence-electron chi connectivity index (χ4n) is 6.85. The summed E-state index contributed by atoms with van der Waals surface area (Å²) in [5.74, 6) is -6.12. The predicted octanol–water partition coefficient (Wildman–Crippen LogP) is 5.01. The third-order valence-electron chi connectivity index (χ3n) is 10.4. The normalized spacial score (nSPS) is 13.7. The van der Waals surface area contributed by atoms with E-state index in [2.05, 4.69) is 31.2 Å². The Kier molecular flexibility index (Phi) is 17.7. The van der Waals surface area contributed by atoms with Gasteiger partial charge in [0, 0.05) is 49.5 Å². The highest BCUT2D eigenvalue weighted by molar-refractivity contribution is 6.00. The van der Waals surface area contributed by atoms with Crippen LogP contribution in [-0.4, -0.2) is 97.1 Å².